The zero-order valence-electron chi connectivity index (χ0n) is 16.3. The van der Waals surface area contributed by atoms with E-state index in [1.54, 1.807) is 0 Å². The predicted octanol–water partition coefficient (Wildman–Crippen LogP) is 2.23. The molecule has 1 unspecified atom stereocenters. The second-order valence-corrected chi connectivity index (χ2v) is 7.65. The van der Waals surface area contributed by atoms with Crippen LogP contribution in [0.2, 0.25) is 0 Å². The normalized spacial score (nSPS) is 20.5. The molecule has 5 heteroatoms. The number of amides is 1. The Labute approximate surface area is 167 Å². The Morgan fingerprint density at radius 2 is 1.68 bits per heavy atom. The third-order valence-electron chi connectivity index (χ3n) is 5.66. The molecule has 148 valence electrons. The molecule has 2 aliphatic rings. The van der Waals surface area contributed by atoms with Crippen LogP contribution in [0.3, 0.4) is 0 Å². The first-order chi connectivity index (χ1) is 13.8. The van der Waals surface area contributed by atoms with Gasteiger partial charge in [-0.2, -0.15) is 0 Å². The van der Waals surface area contributed by atoms with Crippen molar-refractivity contribution < 1.29 is 9.53 Å². The van der Waals surface area contributed by atoms with E-state index in [1.807, 2.05) is 6.07 Å². The van der Waals surface area contributed by atoms with Crippen molar-refractivity contribution in [2.45, 2.75) is 19.1 Å². The van der Waals surface area contributed by atoms with Gasteiger partial charge in [-0.05, 0) is 23.1 Å². The number of ether oxygens (including phenoxy) is 1. The summed E-state index contributed by atoms with van der Waals surface area (Å²) < 4.78 is 5.88. The van der Waals surface area contributed by atoms with Gasteiger partial charge in [-0.1, -0.05) is 54.6 Å². The lowest BCUT2D eigenvalue weighted by Gasteiger charge is -2.34. The summed E-state index contributed by atoms with van der Waals surface area (Å²) in [4.78, 5) is 17.1. The molecule has 5 nitrogen and oxygen atoms in total. The summed E-state index contributed by atoms with van der Waals surface area (Å²) in [6, 6.07) is 18.9. The van der Waals surface area contributed by atoms with Gasteiger partial charge in [0, 0.05) is 39.3 Å². The van der Waals surface area contributed by atoms with Crippen LogP contribution in [0.4, 0.5) is 0 Å². The Kier molecular flexibility index (Phi) is 6.37. The second-order valence-electron chi connectivity index (χ2n) is 7.65. The molecule has 0 spiro atoms. The Balaban J connectivity index is 1.19. The average Bonchev–Trinajstić information content (AvgIpc) is 2.74. The minimum Gasteiger partial charge on any atom is -0.371 e. The third kappa shape index (κ3) is 4.98. The first kappa shape index (κ1) is 19.1. The zero-order valence-corrected chi connectivity index (χ0v) is 16.3. The molecule has 4 rings (SSSR count). The van der Waals surface area contributed by atoms with Gasteiger partial charge < -0.3 is 10.1 Å². The molecule has 1 atom stereocenters. The van der Waals surface area contributed by atoms with Gasteiger partial charge in [0.2, 0.25) is 5.91 Å². The van der Waals surface area contributed by atoms with Gasteiger partial charge in [-0.3, -0.25) is 14.6 Å². The maximum absolute atomic E-state index is 12.4. The van der Waals surface area contributed by atoms with Crippen molar-refractivity contribution in [3.63, 3.8) is 0 Å². The number of nitrogens with one attached hydrogen (secondary N) is 1. The summed E-state index contributed by atoms with van der Waals surface area (Å²) in [6.45, 7) is 6.59. The van der Waals surface area contributed by atoms with Crippen LogP contribution in [-0.2, 0) is 22.5 Å². The fourth-order valence-electron chi connectivity index (χ4n) is 4.06. The van der Waals surface area contributed by atoms with Gasteiger partial charge in [-0.25, -0.2) is 0 Å². The summed E-state index contributed by atoms with van der Waals surface area (Å²) in [5.41, 5.74) is 3.90. The molecule has 1 N–H and O–H groups in total. The van der Waals surface area contributed by atoms with Crippen molar-refractivity contribution in [2.24, 2.45) is 0 Å². The van der Waals surface area contributed by atoms with Gasteiger partial charge in [0.1, 0.15) is 6.10 Å². The quantitative estimate of drug-likeness (QED) is 0.836. The van der Waals surface area contributed by atoms with Crippen LogP contribution in [0.15, 0.2) is 54.6 Å². The SMILES string of the molecule is O=C(CN1CCN(Cc2ccccc2)CC1)NCC1OCCc2ccccc21. The first-order valence-corrected chi connectivity index (χ1v) is 10.2. The van der Waals surface area contributed by atoms with Gasteiger partial charge in [0.25, 0.3) is 0 Å². The van der Waals surface area contributed by atoms with Gasteiger partial charge in [-0.15, -0.1) is 0 Å². The predicted molar refractivity (Wildman–Crippen MR) is 110 cm³/mol. The molecule has 2 heterocycles. The molecule has 1 amide bonds. The van der Waals surface area contributed by atoms with Gasteiger partial charge in [0.15, 0.2) is 0 Å². The molecule has 1 fully saturated rings. The highest BCUT2D eigenvalue weighted by Crippen LogP contribution is 2.26. The number of fused-ring (bicyclic) bond motifs is 1. The van der Waals surface area contributed by atoms with E-state index in [4.69, 9.17) is 4.74 Å². The third-order valence-corrected chi connectivity index (χ3v) is 5.66. The van der Waals surface area contributed by atoms with E-state index in [9.17, 15) is 4.79 Å². The molecule has 2 aromatic rings. The number of carbonyl (C=O) groups excluding carboxylic acids is 1. The van der Waals surface area contributed by atoms with Crippen LogP contribution in [0.25, 0.3) is 0 Å². The minimum absolute atomic E-state index is 0.0309. The summed E-state index contributed by atoms with van der Waals surface area (Å²) in [7, 11) is 0. The summed E-state index contributed by atoms with van der Waals surface area (Å²) in [5, 5.41) is 3.07. The number of carbonyl (C=O) groups is 1. The Hall–Kier alpha value is -2.21. The molecule has 2 aliphatic heterocycles. The van der Waals surface area contributed by atoms with Crippen LogP contribution in [0.1, 0.15) is 22.8 Å². The molecule has 28 heavy (non-hydrogen) atoms. The monoisotopic (exact) mass is 379 g/mol. The lowest BCUT2D eigenvalue weighted by atomic mass is 9.97. The summed E-state index contributed by atoms with van der Waals surface area (Å²) >= 11 is 0. The first-order valence-electron chi connectivity index (χ1n) is 10.2. The van der Waals surface area contributed by atoms with Crippen molar-refractivity contribution in [3.8, 4) is 0 Å². The van der Waals surface area contributed by atoms with E-state index in [1.165, 1.54) is 16.7 Å². The van der Waals surface area contributed by atoms with Crippen molar-refractivity contribution in [3.05, 3.63) is 71.3 Å². The highest BCUT2D eigenvalue weighted by atomic mass is 16.5. The number of piperazine rings is 1. The average molecular weight is 380 g/mol. The molecule has 0 saturated carbocycles. The lowest BCUT2D eigenvalue weighted by molar-refractivity contribution is -0.123. The maximum atomic E-state index is 12.4. The number of rotatable bonds is 6. The number of hydrogen-bond donors (Lipinski definition) is 1. The van der Waals surface area contributed by atoms with Crippen LogP contribution in [0.5, 0.6) is 0 Å². The largest absolute Gasteiger partial charge is 0.371 e. The summed E-state index contributed by atoms with van der Waals surface area (Å²) in [5.74, 6) is 0.0863. The number of nitrogens with zero attached hydrogens (tertiary/aromatic N) is 2. The molecular formula is C23H29N3O2. The van der Waals surface area contributed by atoms with E-state index in [2.05, 4.69) is 63.6 Å². The van der Waals surface area contributed by atoms with Crippen LogP contribution in [-0.4, -0.2) is 61.6 Å². The van der Waals surface area contributed by atoms with Crippen LogP contribution >= 0.6 is 0 Å². The van der Waals surface area contributed by atoms with E-state index in [0.717, 1.165) is 45.8 Å². The lowest BCUT2D eigenvalue weighted by Crippen LogP contribution is -2.49. The topological polar surface area (TPSA) is 44.8 Å². The Morgan fingerprint density at radius 1 is 0.964 bits per heavy atom. The number of benzene rings is 2. The van der Waals surface area contributed by atoms with Crippen molar-refractivity contribution >= 4 is 5.91 Å². The van der Waals surface area contributed by atoms with Crippen LogP contribution in [0, 0.1) is 0 Å². The number of hydrogen-bond acceptors (Lipinski definition) is 4. The smallest absolute Gasteiger partial charge is 0.234 e. The fourth-order valence-corrected chi connectivity index (χ4v) is 4.06. The maximum Gasteiger partial charge on any atom is 0.234 e. The Bertz CT molecular complexity index is 772. The van der Waals surface area contributed by atoms with E-state index in [-0.39, 0.29) is 12.0 Å². The van der Waals surface area contributed by atoms with E-state index in [0.29, 0.717) is 13.1 Å². The second kappa shape index (κ2) is 9.32. The van der Waals surface area contributed by atoms with Crippen LogP contribution < -0.4 is 5.32 Å². The summed E-state index contributed by atoms with van der Waals surface area (Å²) in [6.07, 6.45) is 0.921. The molecule has 0 bridgehead atoms. The van der Waals surface area contributed by atoms with E-state index >= 15 is 0 Å². The van der Waals surface area contributed by atoms with E-state index < -0.39 is 0 Å². The fraction of sp³-hybridized carbons (Fsp3) is 0.435. The molecular weight excluding hydrogens is 350 g/mol. The minimum atomic E-state index is -0.0309. The highest BCUT2D eigenvalue weighted by molar-refractivity contribution is 5.78. The zero-order chi connectivity index (χ0) is 19.2. The van der Waals surface area contributed by atoms with Crippen molar-refractivity contribution in [2.75, 3.05) is 45.9 Å². The van der Waals surface area contributed by atoms with Crippen molar-refractivity contribution in [1.82, 2.24) is 15.1 Å². The molecule has 2 aromatic carbocycles. The molecule has 0 aromatic heterocycles. The highest BCUT2D eigenvalue weighted by Gasteiger charge is 2.22. The van der Waals surface area contributed by atoms with Crippen molar-refractivity contribution in [1.29, 1.82) is 0 Å². The molecule has 0 radical (unpaired) electrons. The Morgan fingerprint density at radius 3 is 2.50 bits per heavy atom. The van der Waals surface area contributed by atoms with Gasteiger partial charge in [0.05, 0.1) is 13.2 Å². The molecule has 1 saturated heterocycles. The molecule has 0 aliphatic carbocycles. The van der Waals surface area contributed by atoms with Gasteiger partial charge >= 0.3 is 0 Å². The standard InChI is InChI=1S/C23H29N3O2/c27-23(24-16-22-21-9-5-4-8-20(21)10-15-28-22)18-26-13-11-25(12-14-26)17-19-6-2-1-3-7-19/h1-9,22H,10-18H2,(H,24,27).